The third kappa shape index (κ3) is 2.17. The normalized spacial score (nSPS) is 10.6. The van der Waals surface area contributed by atoms with E-state index in [1.165, 1.54) is 0 Å². The lowest BCUT2D eigenvalue weighted by atomic mass is 10.3. The van der Waals surface area contributed by atoms with Crippen LogP contribution in [0.15, 0.2) is 28.9 Å². The summed E-state index contributed by atoms with van der Waals surface area (Å²) in [5, 5.41) is 8.34. The van der Waals surface area contributed by atoms with Crippen molar-refractivity contribution >= 4 is 39.1 Å². The van der Waals surface area contributed by atoms with Crippen LogP contribution in [0, 0.1) is 0 Å². The van der Waals surface area contributed by atoms with Crippen molar-refractivity contribution in [2.45, 2.75) is 5.88 Å². The number of hydrogen-bond donors (Lipinski definition) is 0. The van der Waals surface area contributed by atoms with E-state index in [0.29, 0.717) is 10.9 Å². The van der Waals surface area contributed by atoms with Crippen molar-refractivity contribution < 1.29 is 0 Å². The van der Waals surface area contributed by atoms with E-state index >= 15 is 0 Å². The molecule has 1 heterocycles. The molecular weight excluding hydrogens is 301 g/mol. The van der Waals surface area contributed by atoms with Crippen LogP contribution in [-0.2, 0) is 5.88 Å². The SMILES string of the molecule is ClCc1cnnn1-c1cc(Br)ccc1Cl. The molecule has 0 saturated heterocycles. The first-order valence-corrected chi connectivity index (χ1v) is 5.84. The number of hydrogen-bond acceptors (Lipinski definition) is 2. The summed E-state index contributed by atoms with van der Waals surface area (Å²) >= 11 is 15.2. The van der Waals surface area contributed by atoms with Crippen molar-refractivity contribution in [3.8, 4) is 5.69 Å². The summed E-state index contributed by atoms with van der Waals surface area (Å²) in [6.07, 6.45) is 1.62. The highest BCUT2D eigenvalue weighted by Gasteiger charge is 2.09. The minimum atomic E-state index is 0.343. The van der Waals surface area contributed by atoms with Crippen molar-refractivity contribution in [1.82, 2.24) is 15.0 Å². The fraction of sp³-hybridized carbons (Fsp3) is 0.111. The van der Waals surface area contributed by atoms with Crippen LogP contribution in [-0.4, -0.2) is 15.0 Å². The predicted octanol–water partition coefficient (Wildman–Crippen LogP) is 3.42. The molecule has 15 heavy (non-hydrogen) atoms. The molecule has 6 heteroatoms. The molecule has 0 atom stereocenters. The molecule has 0 fully saturated rings. The van der Waals surface area contributed by atoms with Gasteiger partial charge in [0, 0.05) is 4.47 Å². The summed E-state index contributed by atoms with van der Waals surface area (Å²) in [7, 11) is 0. The van der Waals surface area contributed by atoms with E-state index in [2.05, 4.69) is 26.2 Å². The van der Waals surface area contributed by atoms with E-state index in [0.717, 1.165) is 15.9 Å². The van der Waals surface area contributed by atoms with E-state index in [1.54, 1.807) is 16.9 Å². The summed E-state index contributed by atoms with van der Waals surface area (Å²) < 4.78 is 2.55. The van der Waals surface area contributed by atoms with Gasteiger partial charge in [0.2, 0.25) is 0 Å². The zero-order chi connectivity index (χ0) is 10.8. The van der Waals surface area contributed by atoms with Gasteiger partial charge in [0.25, 0.3) is 0 Å². The van der Waals surface area contributed by atoms with E-state index in [4.69, 9.17) is 23.2 Å². The number of nitrogens with zero attached hydrogens (tertiary/aromatic N) is 3. The summed E-state index contributed by atoms with van der Waals surface area (Å²) in [5.74, 6) is 0.343. The molecule has 0 bridgehead atoms. The summed E-state index contributed by atoms with van der Waals surface area (Å²) in [5.41, 5.74) is 1.57. The largest absolute Gasteiger partial charge is 0.215 e. The van der Waals surface area contributed by atoms with Crippen molar-refractivity contribution in [3.05, 3.63) is 39.6 Å². The maximum Gasteiger partial charge on any atom is 0.0864 e. The number of benzene rings is 1. The molecule has 0 amide bonds. The molecule has 1 aromatic carbocycles. The van der Waals surface area contributed by atoms with Gasteiger partial charge in [-0.1, -0.05) is 32.7 Å². The molecule has 3 nitrogen and oxygen atoms in total. The third-order valence-electron chi connectivity index (χ3n) is 1.89. The first kappa shape index (κ1) is 10.9. The Kier molecular flexibility index (Phi) is 3.29. The predicted molar refractivity (Wildman–Crippen MR) is 63.6 cm³/mol. The number of aromatic nitrogens is 3. The summed E-state index contributed by atoms with van der Waals surface area (Å²) in [4.78, 5) is 0. The molecule has 0 aliphatic rings. The van der Waals surface area contributed by atoms with Gasteiger partial charge >= 0.3 is 0 Å². The zero-order valence-corrected chi connectivity index (χ0v) is 10.6. The Morgan fingerprint density at radius 3 is 2.93 bits per heavy atom. The highest BCUT2D eigenvalue weighted by molar-refractivity contribution is 9.10. The monoisotopic (exact) mass is 305 g/mol. The van der Waals surface area contributed by atoms with E-state index < -0.39 is 0 Å². The molecule has 2 rings (SSSR count). The average molecular weight is 307 g/mol. The topological polar surface area (TPSA) is 30.7 Å². The molecule has 0 aliphatic carbocycles. The van der Waals surface area contributed by atoms with Crippen LogP contribution in [0.3, 0.4) is 0 Å². The Balaban J connectivity index is 2.58. The lowest BCUT2D eigenvalue weighted by Crippen LogP contribution is -2.01. The standard InChI is InChI=1S/C9H6BrCl2N3/c10-6-1-2-8(12)9(3-6)15-7(4-11)5-13-14-15/h1-3,5H,4H2. The maximum atomic E-state index is 6.06. The Hall–Kier alpha value is -0.580. The molecule has 0 spiro atoms. The van der Waals surface area contributed by atoms with E-state index in [9.17, 15) is 0 Å². The molecule has 0 radical (unpaired) electrons. The van der Waals surface area contributed by atoms with Gasteiger partial charge in [0.15, 0.2) is 0 Å². The fourth-order valence-electron chi connectivity index (χ4n) is 1.20. The van der Waals surface area contributed by atoms with Gasteiger partial charge in [-0.25, -0.2) is 4.68 Å². The van der Waals surface area contributed by atoms with Crippen LogP contribution in [0.25, 0.3) is 5.69 Å². The van der Waals surface area contributed by atoms with Crippen molar-refractivity contribution in [1.29, 1.82) is 0 Å². The minimum Gasteiger partial charge on any atom is -0.215 e. The van der Waals surface area contributed by atoms with Crippen LogP contribution in [0.5, 0.6) is 0 Å². The van der Waals surface area contributed by atoms with Crippen molar-refractivity contribution in [3.63, 3.8) is 0 Å². The van der Waals surface area contributed by atoms with Gasteiger partial charge in [-0.3, -0.25) is 0 Å². The van der Waals surface area contributed by atoms with Crippen LogP contribution in [0.1, 0.15) is 5.69 Å². The molecular formula is C9H6BrCl2N3. The second-order valence-electron chi connectivity index (χ2n) is 2.87. The number of halogens is 3. The van der Waals surface area contributed by atoms with Crippen LogP contribution >= 0.6 is 39.1 Å². The van der Waals surface area contributed by atoms with E-state index in [-0.39, 0.29) is 0 Å². The number of alkyl halides is 1. The van der Waals surface area contributed by atoms with Crippen molar-refractivity contribution in [2.24, 2.45) is 0 Å². The van der Waals surface area contributed by atoms with Crippen LogP contribution in [0.2, 0.25) is 5.02 Å². The molecule has 0 N–H and O–H groups in total. The van der Waals surface area contributed by atoms with Crippen LogP contribution in [0.4, 0.5) is 0 Å². The van der Waals surface area contributed by atoms with Crippen molar-refractivity contribution in [2.75, 3.05) is 0 Å². The fourth-order valence-corrected chi connectivity index (χ4v) is 1.93. The van der Waals surface area contributed by atoms with Gasteiger partial charge in [-0.15, -0.1) is 16.7 Å². The molecule has 1 aromatic heterocycles. The smallest absolute Gasteiger partial charge is 0.0864 e. The average Bonchev–Trinajstić information content (AvgIpc) is 2.69. The summed E-state index contributed by atoms with van der Waals surface area (Å²) in [6, 6.07) is 5.52. The van der Waals surface area contributed by atoms with E-state index in [1.807, 2.05) is 12.1 Å². The summed E-state index contributed by atoms with van der Waals surface area (Å²) in [6.45, 7) is 0. The first-order valence-electron chi connectivity index (χ1n) is 4.13. The Bertz CT molecular complexity index is 484. The zero-order valence-electron chi connectivity index (χ0n) is 7.49. The minimum absolute atomic E-state index is 0.343. The molecule has 0 saturated carbocycles. The molecule has 0 aliphatic heterocycles. The lowest BCUT2D eigenvalue weighted by molar-refractivity contribution is 0.781. The van der Waals surface area contributed by atoms with Gasteiger partial charge < -0.3 is 0 Å². The lowest BCUT2D eigenvalue weighted by Gasteiger charge is -2.06. The molecule has 2 aromatic rings. The van der Waals surface area contributed by atoms with Gasteiger partial charge in [0.05, 0.1) is 28.5 Å². The molecule has 0 unspecified atom stereocenters. The number of rotatable bonds is 2. The maximum absolute atomic E-state index is 6.06. The Morgan fingerprint density at radius 1 is 1.40 bits per heavy atom. The molecule has 78 valence electrons. The van der Waals surface area contributed by atoms with Crippen LogP contribution < -0.4 is 0 Å². The highest BCUT2D eigenvalue weighted by Crippen LogP contribution is 2.25. The Morgan fingerprint density at radius 2 is 2.20 bits per heavy atom. The Labute approximate surface area is 105 Å². The quantitative estimate of drug-likeness (QED) is 0.796. The second kappa shape index (κ2) is 4.51. The second-order valence-corrected chi connectivity index (χ2v) is 4.46. The highest BCUT2D eigenvalue weighted by atomic mass is 79.9. The third-order valence-corrected chi connectivity index (χ3v) is 2.98. The van der Waals surface area contributed by atoms with Gasteiger partial charge in [-0.05, 0) is 18.2 Å². The van der Waals surface area contributed by atoms with Gasteiger partial charge in [0.1, 0.15) is 0 Å². The van der Waals surface area contributed by atoms with Gasteiger partial charge in [-0.2, -0.15) is 0 Å². The first-order chi connectivity index (χ1) is 7.22.